The number of nitrogens with one attached hydrogen (secondary N) is 2. The van der Waals surface area contributed by atoms with Crippen molar-refractivity contribution in [3.8, 4) is 34.5 Å². The Balaban J connectivity index is 1.28. The molecule has 15 nitrogen and oxygen atoms in total. The van der Waals surface area contributed by atoms with Gasteiger partial charge in [-0.1, -0.05) is 42.5 Å². The molecule has 0 unspecified atom stereocenters. The van der Waals surface area contributed by atoms with Crippen LogP contribution < -0.4 is 29.6 Å². The van der Waals surface area contributed by atoms with Gasteiger partial charge in [-0.25, -0.2) is 13.2 Å². The Morgan fingerprint density at radius 1 is 0.833 bits per heavy atom. The summed E-state index contributed by atoms with van der Waals surface area (Å²) < 4.78 is 64.1. The smallest absolute Gasteiger partial charge is 0.408 e. The fourth-order valence-electron chi connectivity index (χ4n) is 7.21. The van der Waals surface area contributed by atoms with E-state index < -0.39 is 52.2 Å². The topological polar surface area (TPSA) is 197 Å². The average molecular weight is 763 g/mol. The van der Waals surface area contributed by atoms with Crippen LogP contribution in [-0.4, -0.2) is 70.9 Å². The number of aromatic hydroxyl groups is 2. The van der Waals surface area contributed by atoms with E-state index in [0.717, 1.165) is 5.56 Å². The summed E-state index contributed by atoms with van der Waals surface area (Å²) in [7, 11) is -1.62. The molecule has 0 aromatic heterocycles. The van der Waals surface area contributed by atoms with Crippen molar-refractivity contribution in [3.63, 3.8) is 0 Å². The Morgan fingerprint density at radius 2 is 1.46 bits per heavy atom. The Labute approximate surface area is 311 Å². The number of alkyl carbamates (subject to hydrolysis) is 1. The zero-order chi connectivity index (χ0) is 38.0. The minimum Gasteiger partial charge on any atom is -0.508 e. The Hall–Kier alpha value is -5.71. The molecule has 3 aliphatic rings. The van der Waals surface area contributed by atoms with E-state index in [1.807, 2.05) is 18.2 Å². The first-order chi connectivity index (χ1) is 26.0. The van der Waals surface area contributed by atoms with Gasteiger partial charge in [0, 0.05) is 24.2 Å². The van der Waals surface area contributed by atoms with Gasteiger partial charge in [0.15, 0.2) is 23.0 Å². The van der Waals surface area contributed by atoms with Gasteiger partial charge in [0.25, 0.3) is 0 Å². The summed E-state index contributed by atoms with van der Waals surface area (Å²) in [6.07, 6.45) is -0.818. The van der Waals surface area contributed by atoms with Gasteiger partial charge in [-0.2, -0.15) is 8.42 Å². The number of fused-ring (bicyclic) bond motifs is 3. The number of rotatable bonds is 10. The van der Waals surface area contributed by atoms with Gasteiger partial charge in [-0.3, -0.25) is 4.79 Å². The minimum absolute atomic E-state index is 0.0189. The molecule has 5 atom stereocenters. The van der Waals surface area contributed by atoms with Crippen molar-refractivity contribution in [2.75, 3.05) is 34.2 Å². The van der Waals surface area contributed by atoms with E-state index in [9.17, 15) is 28.2 Å². The van der Waals surface area contributed by atoms with Gasteiger partial charge in [0.05, 0.1) is 33.5 Å². The van der Waals surface area contributed by atoms with Crippen molar-refractivity contribution in [1.29, 1.82) is 0 Å². The molecule has 0 saturated carbocycles. The molecule has 16 heteroatoms. The standard InChI is InChI=1S/C38H38N2O13S/c1-47-32-13-23(14-33(48-2)36(32)42)34-25-15-30-31(51-20-50-30)16-26(25)35(28-19-53-54(45,46)52-18-27(28)34)40-37(43)29(12-21-8-10-24(41)11-9-21)39-38(44)49-17-22-6-4-3-5-7-22/h3-11,13-16,27-29,34-35,41-42H,12,17-20H2,1-2H3,(H,39,44)(H,40,43)/t27-,28-,29-,34+,35+/m0/s1. The van der Waals surface area contributed by atoms with Crippen molar-refractivity contribution < 1.29 is 60.3 Å². The molecule has 284 valence electrons. The number of methoxy groups -OCH3 is 2. The third-order valence-corrected chi connectivity index (χ3v) is 10.7. The number of hydrogen-bond donors (Lipinski definition) is 4. The number of benzene rings is 4. The Kier molecular flexibility index (Phi) is 10.4. The van der Waals surface area contributed by atoms with Gasteiger partial charge >= 0.3 is 16.5 Å². The number of hydrogen-bond acceptors (Lipinski definition) is 13. The van der Waals surface area contributed by atoms with Crippen LogP contribution in [0.1, 0.15) is 39.8 Å². The molecule has 1 aliphatic carbocycles. The second-order valence-electron chi connectivity index (χ2n) is 13.0. The first-order valence-electron chi connectivity index (χ1n) is 17.0. The van der Waals surface area contributed by atoms with Crippen LogP contribution in [0.2, 0.25) is 0 Å². The number of amides is 2. The highest BCUT2D eigenvalue weighted by Gasteiger charge is 2.48. The third-order valence-electron chi connectivity index (χ3n) is 9.82. The molecule has 7 rings (SSSR count). The highest BCUT2D eigenvalue weighted by atomic mass is 32.3. The van der Waals surface area contributed by atoms with Gasteiger partial charge in [-0.05, 0) is 64.2 Å². The fourth-order valence-corrected chi connectivity index (χ4v) is 7.92. The van der Waals surface area contributed by atoms with Gasteiger partial charge < -0.3 is 44.5 Å². The number of ether oxygens (including phenoxy) is 5. The summed E-state index contributed by atoms with van der Waals surface area (Å²) in [5.41, 5.74) is 3.20. The zero-order valence-corrected chi connectivity index (χ0v) is 30.0. The molecule has 54 heavy (non-hydrogen) atoms. The lowest BCUT2D eigenvalue weighted by molar-refractivity contribution is -0.124. The van der Waals surface area contributed by atoms with Crippen LogP contribution >= 0.6 is 0 Å². The summed E-state index contributed by atoms with van der Waals surface area (Å²) in [5.74, 6) is -1.70. The van der Waals surface area contributed by atoms with Crippen LogP contribution in [0.15, 0.2) is 78.9 Å². The molecule has 4 N–H and O–H groups in total. The van der Waals surface area contributed by atoms with Gasteiger partial charge in [0.1, 0.15) is 18.4 Å². The van der Waals surface area contributed by atoms with Gasteiger partial charge in [-0.15, -0.1) is 0 Å². The van der Waals surface area contributed by atoms with E-state index in [1.165, 1.54) is 26.4 Å². The molecule has 4 aromatic carbocycles. The van der Waals surface area contributed by atoms with Crippen molar-refractivity contribution in [2.24, 2.45) is 11.8 Å². The molecular weight excluding hydrogens is 724 g/mol. The lowest BCUT2D eigenvalue weighted by Crippen LogP contribution is -2.52. The van der Waals surface area contributed by atoms with Crippen LogP contribution in [0.5, 0.6) is 34.5 Å². The maximum atomic E-state index is 14.4. The lowest BCUT2D eigenvalue weighted by Gasteiger charge is -2.43. The highest BCUT2D eigenvalue weighted by molar-refractivity contribution is 7.81. The molecule has 2 amide bonds. The monoisotopic (exact) mass is 762 g/mol. The Bertz CT molecular complexity index is 2100. The minimum atomic E-state index is -4.42. The highest BCUT2D eigenvalue weighted by Crippen LogP contribution is 2.54. The Morgan fingerprint density at radius 3 is 2.11 bits per heavy atom. The molecule has 0 bridgehead atoms. The molecule has 2 heterocycles. The molecule has 0 spiro atoms. The van der Waals surface area contributed by atoms with Crippen molar-refractivity contribution in [2.45, 2.75) is 31.0 Å². The van der Waals surface area contributed by atoms with E-state index >= 15 is 0 Å². The predicted octanol–water partition coefficient (Wildman–Crippen LogP) is 4.21. The quantitative estimate of drug-likeness (QED) is 0.180. The first kappa shape index (κ1) is 36.6. The summed E-state index contributed by atoms with van der Waals surface area (Å²) in [6, 6.07) is 20.0. The van der Waals surface area contributed by atoms with E-state index in [2.05, 4.69) is 10.6 Å². The lowest BCUT2D eigenvalue weighted by atomic mass is 9.64. The summed E-state index contributed by atoms with van der Waals surface area (Å²) >= 11 is 0. The summed E-state index contributed by atoms with van der Waals surface area (Å²) in [6.45, 7) is -0.775. The van der Waals surface area contributed by atoms with E-state index in [4.69, 9.17) is 32.1 Å². The first-order valence-corrected chi connectivity index (χ1v) is 18.3. The van der Waals surface area contributed by atoms with E-state index in [-0.39, 0.29) is 56.0 Å². The fraction of sp³-hybridized carbons (Fsp3) is 0.316. The van der Waals surface area contributed by atoms with Crippen molar-refractivity contribution in [1.82, 2.24) is 10.6 Å². The predicted molar refractivity (Wildman–Crippen MR) is 190 cm³/mol. The average Bonchev–Trinajstić information content (AvgIpc) is 3.57. The summed E-state index contributed by atoms with van der Waals surface area (Å²) in [5, 5.41) is 26.4. The second-order valence-corrected chi connectivity index (χ2v) is 14.3. The van der Waals surface area contributed by atoms with E-state index in [0.29, 0.717) is 33.8 Å². The SMILES string of the molecule is COc1cc([C@@H]2c3cc4c(cc3[C@@H](NC(=O)[C@H](Cc3ccc(O)cc3)NC(=O)OCc3ccccc3)[C@H]3COS(=O)(=O)OC[C@H]23)OCO4)cc(OC)c1O. The second kappa shape index (κ2) is 15.3. The zero-order valence-electron chi connectivity index (χ0n) is 29.2. The molecule has 4 aromatic rings. The maximum Gasteiger partial charge on any atom is 0.408 e. The van der Waals surface area contributed by atoms with Crippen molar-refractivity contribution in [3.05, 3.63) is 107 Å². The maximum absolute atomic E-state index is 14.4. The normalized spacial score (nSPS) is 21.4. The number of carbonyl (C=O) groups is 2. The van der Waals surface area contributed by atoms with Crippen LogP contribution in [0.25, 0.3) is 0 Å². The molecule has 2 aliphatic heterocycles. The van der Waals surface area contributed by atoms with Crippen LogP contribution in [0.4, 0.5) is 4.79 Å². The number of carbonyl (C=O) groups excluding carboxylic acids is 2. The molecule has 1 fully saturated rings. The third kappa shape index (κ3) is 7.67. The van der Waals surface area contributed by atoms with Crippen LogP contribution in [0.3, 0.4) is 0 Å². The number of phenolic OH excluding ortho intramolecular Hbond substituents is 2. The summed E-state index contributed by atoms with van der Waals surface area (Å²) in [4.78, 5) is 27.6. The largest absolute Gasteiger partial charge is 0.508 e. The van der Waals surface area contributed by atoms with E-state index in [1.54, 1.807) is 48.5 Å². The number of phenols is 2. The molecular formula is C38H38N2O13S. The molecule has 1 saturated heterocycles. The van der Waals surface area contributed by atoms with Crippen molar-refractivity contribution >= 4 is 22.4 Å². The molecule has 0 radical (unpaired) electrons. The van der Waals surface area contributed by atoms with Crippen LogP contribution in [-0.2, 0) is 41.3 Å². The van der Waals surface area contributed by atoms with Crippen LogP contribution in [0, 0.1) is 11.8 Å². The van der Waals surface area contributed by atoms with Gasteiger partial charge in [0.2, 0.25) is 18.4 Å².